The molecule has 0 radical (unpaired) electrons. The number of fused-ring (bicyclic) bond motifs is 1. The van der Waals surface area contributed by atoms with Crippen LogP contribution in [-0.2, 0) is 11.3 Å². The van der Waals surface area contributed by atoms with E-state index >= 15 is 0 Å². The maximum atomic E-state index is 11.9. The highest BCUT2D eigenvalue weighted by Gasteiger charge is 2.06. The molecule has 23 heavy (non-hydrogen) atoms. The second-order valence-corrected chi connectivity index (χ2v) is 6.47. The molecule has 1 N–H and O–H groups in total. The van der Waals surface area contributed by atoms with Gasteiger partial charge in [0, 0.05) is 16.0 Å². The van der Waals surface area contributed by atoms with E-state index in [9.17, 15) is 4.79 Å². The molecule has 1 aromatic carbocycles. The number of aryl methyl sites for hydroxylation is 1. The van der Waals surface area contributed by atoms with Gasteiger partial charge in [0.15, 0.2) is 6.61 Å². The molecule has 0 saturated heterocycles. The lowest BCUT2D eigenvalue weighted by Crippen LogP contribution is -2.28. The Morgan fingerprint density at radius 1 is 1.30 bits per heavy atom. The van der Waals surface area contributed by atoms with Crippen LogP contribution in [0.5, 0.6) is 5.75 Å². The summed E-state index contributed by atoms with van der Waals surface area (Å²) < 4.78 is 8.51. The van der Waals surface area contributed by atoms with Crippen molar-refractivity contribution in [2.75, 3.05) is 6.61 Å². The summed E-state index contributed by atoms with van der Waals surface area (Å²) in [6, 6.07) is 11.6. The van der Waals surface area contributed by atoms with Crippen LogP contribution >= 0.6 is 22.6 Å². The number of hydrogen-bond donors (Lipinski definition) is 1. The molecular weight excluding hydrogens is 405 g/mol. The lowest BCUT2D eigenvalue weighted by molar-refractivity contribution is -0.123. The molecule has 2 heterocycles. The molecule has 0 unspecified atom stereocenters. The standard InChI is InChI=1S/C17H16IN3O2/c1-12-6-7-21-10-14(20-16(21)8-12)9-19-17(22)11-23-15-4-2-13(18)3-5-15/h2-8,10H,9,11H2,1H3,(H,19,22). The number of aromatic nitrogens is 2. The zero-order chi connectivity index (χ0) is 16.2. The van der Waals surface area contributed by atoms with Crippen molar-refractivity contribution >= 4 is 34.1 Å². The number of pyridine rings is 1. The van der Waals surface area contributed by atoms with Crippen molar-refractivity contribution in [3.63, 3.8) is 0 Å². The van der Waals surface area contributed by atoms with Crippen LogP contribution in [0, 0.1) is 10.5 Å². The number of amides is 1. The predicted molar refractivity (Wildman–Crippen MR) is 96.4 cm³/mol. The minimum absolute atomic E-state index is 0.00687. The number of carbonyl (C=O) groups excluding carboxylic acids is 1. The molecule has 0 aliphatic carbocycles. The number of halogens is 1. The van der Waals surface area contributed by atoms with Gasteiger partial charge in [0.2, 0.25) is 0 Å². The Bertz CT molecular complexity index is 827. The molecule has 0 aliphatic rings. The molecule has 118 valence electrons. The molecule has 0 aliphatic heterocycles. The summed E-state index contributed by atoms with van der Waals surface area (Å²) in [7, 11) is 0. The number of benzene rings is 1. The average Bonchev–Trinajstić information content (AvgIpc) is 2.94. The topological polar surface area (TPSA) is 55.6 Å². The second-order valence-electron chi connectivity index (χ2n) is 5.22. The van der Waals surface area contributed by atoms with Gasteiger partial charge in [-0.05, 0) is 71.5 Å². The summed E-state index contributed by atoms with van der Waals surface area (Å²) in [6.45, 7) is 2.40. The van der Waals surface area contributed by atoms with Crippen molar-refractivity contribution in [1.82, 2.24) is 14.7 Å². The third kappa shape index (κ3) is 4.22. The van der Waals surface area contributed by atoms with E-state index in [1.54, 1.807) is 0 Å². The summed E-state index contributed by atoms with van der Waals surface area (Å²) in [6.07, 6.45) is 3.87. The lowest BCUT2D eigenvalue weighted by atomic mass is 10.3. The Labute approximate surface area is 147 Å². The fourth-order valence-corrected chi connectivity index (χ4v) is 2.50. The van der Waals surface area contributed by atoms with E-state index < -0.39 is 0 Å². The number of carbonyl (C=O) groups is 1. The summed E-state index contributed by atoms with van der Waals surface area (Å²) in [4.78, 5) is 16.3. The van der Waals surface area contributed by atoms with Crippen molar-refractivity contribution in [2.45, 2.75) is 13.5 Å². The molecule has 0 fully saturated rings. The minimum Gasteiger partial charge on any atom is -0.484 e. The van der Waals surface area contributed by atoms with Crippen LogP contribution in [0.4, 0.5) is 0 Å². The van der Waals surface area contributed by atoms with Gasteiger partial charge in [-0.1, -0.05) is 0 Å². The Morgan fingerprint density at radius 3 is 2.87 bits per heavy atom. The first kappa shape index (κ1) is 15.8. The van der Waals surface area contributed by atoms with E-state index in [4.69, 9.17) is 4.74 Å². The molecule has 6 heteroatoms. The van der Waals surface area contributed by atoms with Crippen LogP contribution in [-0.4, -0.2) is 21.9 Å². The van der Waals surface area contributed by atoms with Crippen molar-refractivity contribution in [3.8, 4) is 5.75 Å². The normalized spacial score (nSPS) is 10.7. The van der Waals surface area contributed by atoms with Crippen LogP contribution < -0.4 is 10.1 Å². The van der Waals surface area contributed by atoms with Gasteiger partial charge in [-0.25, -0.2) is 4.98 Å². The fraction of sp³-hybridized carbons (Fsp3) is 0.176. The maximum Gasteiger partial charge on any atom is 0.258 e. The zero-order valence-corrected chi connectivity index (χ0v) is 14.8. The average molecular weight is 421 g/mol. The third-order valence-corrected chi connectivity index (χ3v) is 4.04. The van der Waals surface area contributed by atoms with E-state index in [0.717, 1.165) is 20.5 Å². The SMILES string of the molecule is Cc1ccn2cc(CNC(=O)COc3ccc(I)cc3)nc2c1. The molecule has 3 aromatic rings. The predicted octanol–water partition coefficient (Wildman–Crippen LogP) is 2.94. The highest BCUT2D eigenvalue weighted by atomic mass is 127. The van der Waals surface area contributed by atoms with Gasteiger partial charge in [0.25, 0.3) is 5.91 Å². The molecule has 1 amide bonds. The minimum atomic E-state index is -0.170. The first-order chi connectivity index (χ1) is 11.1. The van der Waals surface area contributed by atoms with E-state index in [1.807, 2.05) is 60.1 Å². The van der Waals surface area contributed by atoms with Crippen molar-refractivity contribution in [1.29, 1.82) is 0 Å². The number of nitrogens with one attached hydrogen (secondary N) is 1. The Hall–Kier alpha value is -2.09. The van der Waals surface area contributed by atoms with Crippen LogP contribution in [0.15, 0.2) is 48.8 Å². The summed E-state index contributed by atoms with van der Waals surface area (Å²) in [5, 5.41) is 2.81. The monoisotopic (exact) mass is 421 g/mol. The van der Waals surface area contributed by atoms with Gasteiger partial charge < -0.3 is 14.5 Å². The third-order valence-electron chi connectivity index (χ3n) is 3.32. The van der Waals surface area contributed by atoms with Crippen LogP contribution in [0.2, 0.25) is 0 Å². The van der Waals surface area contributed by atoms with Gasteiger partial charge in [0.1, 0.15) is 11.4 Å². The number of rotatable bonds is 5. The molecule has 0 atom stereocenters. The lowest BCUT2D eigenvalue weighted by Gasteiger charge is -2.06. The van der Waals surface area contributed by atoms with E-state index in [2.05, 4.69) is 32.9 Å². The van der Waals surface area contributed by atoms with Gasteiger partial charge in [-0.3, -0.25) is 4.79 Å². The Morgan fingerprint density at radius 2 is 2.09 bits per heavy atom. The van der Waals surface area contributed by atoms with Crippen LogP contribution in [0.3, 0.4) is 0 Å². The first-order valence-corrected chi connectivity index (χ1v) is 8.27. The molecular formula is C17H16IN3O2. The van der Waals surface area contributed by atoms with Gasteiger partial charge in [-0.15, -0.1) is 0 Å². The van der Waals surface area contributed by atoms with Crippen molar-refractivity contribution in [3.05, 3.63) is 63.6 Å². The second kappa shape index (κ2) is 6.99. The highest BCUT2D eigenvalue weighted by molar-refractivity contribution is 14.1. The summed E-state index contributed by atoms with van der Waals surface area (Å²) in [5.74, 6) is 0.514. The Kier molecular flexibility index (Phi) is 4.80. The Balaban J connectivity index is 1.52. The van der Waals surface area contributed by atoms with E-state index in [0.29, 0.717) is 12.3 Å². The van der Waals surface area contributed by atoms with Crippen LogP contribution in [0.25, 0.3) is 5.65 Å². The van der Waals surface area contributed by atoms with Gasteiger partial charge in [-0.2, -0.15) is 0 Å². The van der Waals surface area contributed by atoms with E-state index in [-0.39, 0.29) is 12.5 Å². The highest BCUT2D eigenvalue weighted by Crippen LogP contribution is 2.13. The number of hydrogen-bond acceptors (Lipinski definition) is 3. The van der Waals surface area contributed by atoms with Gasteiger partial charge >= 0.3 is 0 Å². The molecule has 0 saturated carbocycles. The van der Waals surface area contributed by atoms with E-state index in [1.165, 1.54) is 0 Å². The van der Waals surface area contributed by atoms with Crippen LogP contribution in [0.1, 0.15) is 11.3 Å². The summed E-state index contributed by atoms with van der Waals surface area (Å²) >= 11 is 2.22. The quantitative estimate of drug-likeness (QED) is 0.645. The number of ether oxygens (including phenoxy) is 1. The molecule has 0 bridgehead atoms. The summed E-state index contributed by atoms with van der Waals surface area (Å²) in [5.41, 5.74) is 2.85. The molecule has 2 aromatic heterocycles. The van der Waals surface area contributed by atoms with Crippen molar-refractivity contribution in [2.24, 2.45) is 0 Å². The largest absolute Gasteiger partial charge is 0.484 e. The smallest absolute Gasteiger partial charge is 0.258 e. The fourth-order valence-electron chi connectivity index (χ4n) is 2.14. The number of imidazole rings is 1. The van der Waals surface area contributed by atoms with Crippen molar-refractivity contribution < 1.29 is 9.53 Å². The molecule has 0 spiro atoms. The zero-order valence-electron chi connectivity index (χ0n) is 12.6. The molecule has 5 nitrogen and oxygen atoms in total. The maximum absolute atomic E-state index is 11.9. The first-order valence-electron chi connectivity index (χ1n) is 7.19. The van der Waals surface area contributed by atoms with Gasteiger partial charge in [0.05, 0.1) is 12.2 Å². The number of nitrogens with zero attached hydrogens (tertiary/aromatic N) is 2. The molecule has 3 rings (SSSR count).